The zero-order valence-electron chi connectivity index (χ0n) is 33.9. The average molecular weight is 764 g/mol. The van der Waals surface area contributed by atoms with Crippen molar-refractivity contribution in [3.63, 3.8) is 0 Å². The normalized spacial score (nSPS) is 14.5. The van der Waals surface area contributed by atoms with Crippen LogP contribution in [0, 0.1) is 0 Å². The molecule has 0 spiro atoms. The molecule has 0 heterocycles. The van der Waals surface area contributed by atoms with Crippen LogP contribution in [0.5, 0.6) is 0 Å². The summed E-state index contributed by atoms with van der Waals surface area (Å²) in [5, 5.41) is 0. The molecule has 0 aromatic carbocycles. The van der Waals surface area contributed by atoms with Gasteiger partial charge >= 0.3 is 11.9 Å². The van der Waals surface area contributed by atoms with E-state index in [2.05, 4.69) is 86.8 Å². The van der Waals surface area contributed by atoms with Crippen LogP contribution in [0.15, 0.2) is 72.9 Å². The van der Waals surface area contributed by atoms with Gasteiger partial charge in [-0.1, -0.05) is 119 Å². The molecule has 10 heteroatoms. The predicted octanol–water partition coefficient (Wildman–Crippen LogP) is 10.4. The lowest BCUT2D eigenvalue weighted by molar-refractivity contribution is -0.870. The molecule has 0 aliphatic rings. The van der Waals surface area contributed by atoms with E-state index in [0.717, 1.165) is 83.5 Å². The lowest BCUT2D eigenvalue weighted by Gasteiger charge is -2.28. The summed E-state index contributed by atoms with van der Waals surface area (Å²) < 4.78 is 33.7. The average Bonchev–Trinajstić information content (AvgIpc) is 3.10. The Balaban J connectivity index is 4.53. The van der Waals surface area contributed by atoms with Crippen molar-refractivity contribution >= 4 is 19.8 Å². The highest BCUT2D eigenvalue weighted by Gasteiger charge is 2.21. The molecule has 0 aromatic rings. The number of phosphoric ester groups is 1. The van der Waals surface area contributed by atoms with E-state index in [1.54, 1.807) is 0 Å². The van der Waals surface area contributed by atoms with Gasteiger partial charge in [0.25, 0.3) is 7.82 Å². The monoisotopic (exact) mass is 764 g/mol. The highest BCUT2D eigenvalue weighted by molar-refractivity contribution is 7.45. The van der Waals surface area contributed by atoms with Crippen LogP contribution in [-0.2, 0) is 32.7 Å². The number of allylic oxidation sites excluding steroid dienone is 12. The molecule has 9 nitrogen and oxygen atoms in total. The Hall–Kier alpha value is -2.55. The van der Waals surface area contributed by atoms with Crippen LogP contribution in [-0.4, -0.2) is 70.0 Å². The lowest BCUT2D eigenvalue weighted by Crippen LogP contribution is -2.37. The highest BCUT2D eigenvalue weighted by Crippen LogP contribution is 2.38. The summed E-state index contributed by atoms with van der Waals surface area (Å²) in [6.07, 6.45) is 42.2. The summed E-state index contributed by atoms with van der Waals surface area (Å²) in [5.74, 6) is -0.909. The van der Waals surface area contributed by atoms with Crippen molar-refractivity contribution in [2.45, 2.75) is 142 Å². The largest absolute Gasteiger partial charge is 0.756 e. The molecule has 53 heavy (non-hydrogen) atoms. The molecule has 0 aromatic heterocycles. The van der Waals surface area contributed by atoms with Gasteiger partial charge in [0.1, 0.15) is 19.8 Å². The molecule has 0 saturated heterocycles. The molecular formula is C43H74NO8P. The van der Waals surface area contributed by atoms with E-state index in [1.165, 1.54) is 12.8 Å². The van der Waals surface area contributed by atoms with Gasteiger partial charge in [0.05, 0.1) is 27.7 Å². The minimum Gasteiger partial charge on any atom is -0.756 e. The van der Waals surface area contributed by atoms with Gasteiger partial charge in [-0.15, -0.1) is 0 Å². The van der Waals surface area contributed by atoms with E-state index in [0.29, 0.717) is 23.9 Å². The van der Waals surface area contributed by atoms with E-state index in [9.17, 15) is 19.0 Å². The van der Waals surface area contributed by atoms with Crippen LogP contribution in [0.25, 0.3) is 0 Å². The number of rotatable bonds is 35. The molecule has 0 aliphatic heterocycles. The number of phosphoric acid groups is 1. The molecule has 0 saturated carbocycles. The Bertz CT molecular complexity index is 1140. The summed E-state index contributed by atoms with van der Waals surface area (Å²) in [6, 6.07) is 0. The first kappa shape index (κ1) is 50.5. The van der Waals surface area contributed by atoms with Gasteiger partial charge in [-0.25, -0.2) is 0 Å². The van der Waals surface area contributed by atoms with Gasteiger partial charge < -0.3 is 27.9 Å². The van der Waals surface area contributed by atoms with Crippen molar-refractivity contribution in [1.82, 2.24) is 0 Å². The number of quaternary nitrogens is 1. The van der Waals surface area contributed by atoms with Gasteiger partial charge in [0.2, 0.25) is 0 Å². The van der Waals surface area contributed by atoms with Crippen LogP contribution < -0.4 is 4.89 Å². The predicted molar refractivity (Wildman–Crippen MR) is 217 cm³/mol. The van der Waals surface area contributed by atoms with E-state index >= 15 is 0 Å². The number of carbonyl (C=O) groups is 2. The summed E-state index contributed by atoms with van der Waals surface area (Å²) in [7, 11) is 1.11. The Morgan fingerprint density at radius 1 is 0.604 bits per heavy atom. The van der Waals surface area contributed by atoms with Gasteiger partial charge in [-0.05, 0) is 77.0 Å². The van der Waals surface area contributed by atoms with E-state index in [4.69, 9.17) is 18.5 Å². The van der Waals surface area contributed by atoms with Crippen LogP contribution in [0.3, 0.4) is 0 Å². The Labute approximate surface area is 323 Å². The van der Waals surface area contributed by atoms with Crippen LogP contribution in [0.2, 0.25) is 0 Å². The molecular weight excluding hydrogens is 689 g/mol. The third kappa shape index (κ3) is 39.0. The SMILES string of the molecule is CC/C=C\C/C=C\C/C=C\C/C=C\CCCCC(=O)O[C@H](COC(=O)CCCCCCC/C=C\C/C=C\CCCC)COP(=O)([O-])OCC[N+](C)(C)C. The van der Waals surface area contributed by atoms with Crippen LogP contribution >= 0.6 is 7.82 Å². The first-order valence-electron chi connectivity index (χ1n) is 20.1. The second kappa shape index (κ2) is 35.2. The molecule has 0 aliphatic carbocycles. The first-order valence-corrected chi connectivity index (χ1v) is 21.6. The number of hydrogen-bond acceptors (Lipinski definition) is 8. The van der Waals surface area contributed by atoms with Crippen molar-refractivity contribution < 1.29 is 42.1 Å². The Morgan fingerprint density at radius 3 is 1.64 bits per heavy atom. The minimum absolute atomic E-state index is 0.0452. The highest BCUT2D eigenvalue weighted by atomic mass is 31.2. The second-order valence-electron chi connectivity index (χ2n) is 14.3. The lowest BCUT2D eigenvalue weighted by atomic mass is 10.1. The third-order valence-corrected chi connectivity index (χ3v) is 8.92. The number of ether oxygens (including phenoxy) is 2. The number of esters is 2. The van der Waals surface area contributed by atoms with Crippen LogP contribution in [0.4, 0.5) is 0 Å². The molecule has 304 valence electrons. The smallest absolute Gasteiger partial charge is 0.306 e. The minimum atomic E-state index is -4.64. The van der Waals surface area contributed by atoms with Crippen molar-refractivity contribution in [1.29, 1.82) is 0 Å². The molecule has 0 N–H and O–H groups in total. The summed E-state index contributed by atoms with van der Waals surface area (Å²) >= 11 is 0. The maximum Gasteiger partial charge on any atom is 0.306 e. The fraction of sp³-hybridized carbons (Fsp3) is 0.674. The van der Waals surface area contributed by atoms with Gasteiger partial charge in [-0.3, -0.25) is 14.2 Å². The Morgan fingerprint density at radius 2 is 1.08 bits per heavy atom. The molecule has 0 bridgehead atoms. The molecule has 0 radical (unpaired) electrons. The summed E-state index contributed by atoms with van der Waals surface area (Å²) in [5.41, 5.74) is 0. The second-order valence-corrected chi connectivity index (χ2v) is 15.7. The van der Waals surface area contributed by atoms with Crippen molar-refractivity contribution in [2.24, 2.45) is 0 Å². The number of nitrogens with zero attached hydrogens (tertiary/aromatic N) is 1. The number of hydrogen-bond donors (Lipinski definition) is 0. The maximum atomic E-state index is 12.6. The summed E-state index contributed by atoms with van der Waals surface area (Å²) in [6.45, 7) is 3.97. The van der Waals surface area contributed by atoms with Crippen molar-refractivity contribution in [3.05, 3.63) is 72.9 Å². The summed E-state index contributed by atoms with van der Waals surface area (Å²) in [4.78, 5) is 37.4. The quantitative estimate of drug-likeness (QED) is 0.0206. The Kier molecular flexibility index (Phi) is 33.5. The van der Waals surface area contributed by atoms with E-state index in [-0.39, 0.29) is 26.1 Å². The van der Waals surface area contributed by atoms with Gasteiger partial charge in [-0.2, -0.15) is 0 Å². The fourth-order valence-electron chi connectivity index (χ4n) is 4.78. The zero-order valence-corrected chi connectivity index (χ0v) is 34.8. The topological polar surface area (TPSA) is 111 Å². The van der Waals surface area contributed by atoms with E-state index in [1.807, 2.05) is 21.1 Å². The van der Waals surface area contributed by atoms with Crippen molar-refractivity contribution in [2.75, 3.05) is 47.5 Å². The molecule has 2 atom stereocenters. The maximum absolute atomic E-state index is 12.6. The number of unbranched alkanes of at least 4 members (excludes halogenated alkanes) is 9. The van der Waals surface area contributed by atoms with Gasteiger partial charge in [0, 0.05) is 12.8 Å². The molecule has 0 amide bonds. The number of likely N-dealkylation sites (N-methyl/N-ethyl adjacent to an activating group) is 1. The fourth-order valence-corrected chi connectivity index (χ4v) is 5.51. The van der Waals surface area contributed by atoms with Crippen molar-refractivity contribution in [3.8, 4) is 0 Å². The molecule has 0 rings (SSSR count). The molecule has 1 unspecified atom stereocenters. The number of carbonyl (C=O) groups excluding carboxylic acids is 2. The third-order valence-electron chi connectivity index (χ3n) is 7.96. The molecule has 0 fully saturated rings. The first-order chi connectivity index (χ1) is 25.5. The van der Waals surface area contributed by atoms with E-state index < -0.39 is 32.5 Å². The zero-order chi connectivity index (χ0) is 39.3. The van der Waals surface area contributed by atoms with Crippen LogP contribution in [0.1, 0.15) is 136 Å². The standard InChI is InChI=1S/C43H74NO8P/c1-6-8-10-12-14-16-18-20-22-24-26-28-30-32-34-36-43(46)52-41(40-51-53(47,48)50-38-37-44(3,4)5)39-49-42(45)35-33-31-29-27-25-23-21-19-17-15-13-11-9-7-2/h8,10,13-16,19-22,26,28,41H,6-7,9,11-12,17-18,23-25,27,29-40H2,1-5H3/b10-8-,15-13-,16-14-,21-19-,22-20-,28-26-/t41-/m1/s1. The van der Waals surface area contributed by atoms with Gasteiger partial charge in [0.15, 0.2) is 6.10 Å².